The SMILES string of the molecule is COC(=O)CCNC(=O)[C@@H]1O[PH](O)(OCOC(=O)OC(C)(C)C)OCC1(C)C. The third-order valence-corrected chi connectivity index (χ3v) is 5.03. The van der Waals surface area contributed by atoms with Crippen molar-refractivity contribution in [2.45, 2.75) is 52.7 Å². The van der Waals surface area contributed by atoms with Crippen LogP contribution in [0.3, 0.4) is 0 Å². The van der Waals surface area contributed by atoms with Gasteiger partial charge < -0.3 is 0 Å². The second-order valence-electron chi connectivity index (χ2n) is 7.79. The van der Waals surface area contributed by atoms with Gasteiger partial charge in [-0.1, -0.05) is 0 Å². The van der Waals surface area contributed by atoms with Gasteiger partial charge in [0, 0.05) is 0 Å². The average molecular weight is 427 g/mol. The molecule has 1 heterocycles. The second kappa shape index (κ2) is 9.80. The number of carbonyl (C=O) groups is 3. The van der Waals surface area contributed by atoms with Crippen molar-refractivity contribution >= 4 is 26.2 Å². The first-order valence-corrected chi connectivity index (χ1v) is 10.3. The van der Waals surface area contributed by atoms with Gasteiger partial charge in [0.1, 0.15) is 0 Å². The molecule has 0 radical (unpaired) electrons. The summed E-state index contributed by atoms with van der Waals surface area (Å²) >= 11 is 0. The number of hydrogen-bond acceptors (Lipinski definition) is 10. The number of methoxy groups -OCH3 is 1. The molecule has 0 aromatic carbocycles. The molecule has 1 fully saturated rings. The number of nitrogens with one attached hydrogen (secondary N) is 1. The standard InChI is InChI=1S/C16H30NO10P/c1-15(2,3)26-14(20)23-10-25-28(21)24-9-16(4,5)12(27-28)13(19)17-8-7-11(18)22-6/h12,21,28H,7-10H2,1-6H3,(H,17,19)/t12-/m0/s1. The van der Waals surface area contributed by atoms with Crippen LogP contribution in [0, 0.1) is 5.41 Å². The maximum atomic E-state index is 12.4. The van der Waals surface area contributed by atoms with Gasteiger partial charge >= 0.3 is 164 Å². The Morgan fingerprint density at radius 1 is 1.29 bits per heavy atom. The molecule has 1 rings (SSSR count). The summed E-state index contributed by atoms with van der Waals surface area (Å²) in [7, 11) is -2.98. The zero-order chi connectivity index (χ0) is 21.6. The van der Waals surface area contributed by atoms with E-state index in [0.29, 0.717) is 0 Å². The summed E-state index contributed by atoms with van der Waals surface area (Å²) in [5, 5.41) is 2.54. The Morgan fingerprint density at radius 2 is 1.93 bits per heavy atom. The molecule has 0 unspecified atom stereocenters. The van der Waals surface area contributed by atoms with Crippen LogP contribution in [0.1, 0.15) is 41.0 Å². The molecule has 1 aliphatic heterocycles. The molecule has 0 aromatic rings. The van der Waals surface area contributed by atoms with Crippen LogP contribution >= 0.6 is 8.17 Å². The predicted molar refractivity (Wildman–Crippen MR) is 98.1 cm³/mol. The molecule has 0 aromatic heterocycles. The van der Waals surface area contributed by atoms with Gasteiger partial charge in [-0.15, -0.1) is 0 Å². The number of carbonyl (C=O) groups excluding carboxylic acids is 3. The van der Waals surface area contributed by atoms with E-state index in [9.17, 15) is 19.3 Å². The van der Waals surface area contributed by atoms with Crippen molar-refractivity contribution in [3.63, 3.8) is 0 Å². The van der Waals surface area contributed by atoms with E-state index in [-0.39, 0.29) is 19.6 Å². The molecule has 1 saturated heterocycles. The van der Waals surface area contributed by atoms with Crippen LogP contribution < -0.4 is 5.32 Å². The number of amides is 1. The first-order chi connectivity index (χ1) is 12.8. The minimum atomic E-state index is -4.23. The Labute approximate surface area is 164 Å². The first-order valence-electron chi connectivity index (χ1n) is 8.66. The van der Waals surface area contributed by atoms with Gasteiger partial charge in [0.25, 0.3) is 0 Å². The van der Waals surface area contributed by atoms with Gasteiger partial charge in [-0.3, -0.25) is 0 Å². The van der Waals surface area contributed by atoms with Crippen molar-refractivity contribution in [1.29, 1.82) is 0 Å². The molecule has 1 atom stereocenters. The van der Waals surface area contributed by atoms with Crippen LogP contribution in [0.25, 0.3) is 0 Å². The zero-order valence-electron chi connectivity index (χ0n) is 17.0. The molecule has 12 heteroatoms. The summed E-state index contributed by atoms with van der Waals surface area (Å²) in [4.78, 5) is 45.5. The number of rotatable bonds is 7. The normalized spacial score (nSPS) is 21.9. The Kier molecular flexibility index (Phi) is 8.58. The van der Waals surface area contributed by atoms with Crippen molar-refractivity contribution in [2.75, 3.05) is 27.1 Å². The van der Waals surface area contributed by atoms with Crippen molar-refractivity contribution in [2.24, 2.45) is 5.41 Å². The molecule has 0 bridgehead atoms. The Bertz CT molecular complexity index is 576. The van der Waals surface area contributed by atoms with Crippen LogP contribution in [0.5, 0.6) is 0 Å². The molecule has 28 heavy (non-hydrogen) atoms. The van der Waals surface area contributed by atoms with E-state index in [4.69, 9.17) is 23.0 Å². The Balaban J connectivity index is 2.59. The molecular formula is C16H30NO10P. The molecular weight excluding hydrogens is 397 g/mol. The van der Waals surface area contributed by atoms with Crippen LogP contribution in [-0.2, 0) is 37.4 Å². The van der Waals surface area contributed by atoms with E-state index >= 15 is 0 Å². The Morgan fingerprint density at radius 3 is 2.50 bits per heavy atom. The fourth-order valence-electron chi connectivity index (χ4n) is 2.09. The van der Waals surface area contributed by atoms with Crippen LogP contribution in [0.4, 0.5) is 4.79 Å². The van der Waals surface area contributed by atoms with E-state index in [1.165, 1.54) is 7.11 Å². The summed E-state index contributed by atoms with van der Waals surface area (Å²) < 4.78 is 29.9. The van der Waals surface area contributed by atoms with E-state index < -0.39 is 50.1 Å². The molecule has 0 aliphatic carbocycles. The predicted octanol–water partition coefficient (Wildman–Crippen LogP) is 1.44. The van der Waals surface area contributed by atoms with E-state index in [0.717, 1.165) is 0 Å². The van der Waals surface area contributed by atoms with Gasteiger partial charge in [-0.05, 0) is 0 Å². The van der Waals surface area contributed by atoms with Gasteiger partial charge in [0.05, 0.1) is 0 Å². The van der Waals surface area contributed by atoms with Gasteiger partial charge in [0.2, 0.25) is 0 Å². The quantitative estimate of drug-likeness (QED) is 0.348. The second-order valence-corrected chi connectivity index (χ2v) is 9.65. The summed E-state index contributed by atoms with van der Waals surface area (Å²) in [6.45, 7) is 7.76. The molecule has 0 saturated carbocycles. The third-order valence-electron chi connectivity index (χ3n) is 3.50. The monoisotopic (exact) mass is 427 g/mol. The number of hydrogen-bond donors (Lipinski definition) is 2. The zero-order valence-corrected chi connectivity index (χ0v) is 18.0. The van der Waals surface area contributed by atoms with Gasteiger partial charge in [-0.2, -0.15) is 0 Å². The van der Waals surface area contributed by atoms with Crippen molar-refractivity contribution in [3.8, 4) is 0 Å². The number of esters is 1. The van der Waals surface area contributed by atoms with Crippen LogP contribution in [0.2, 0.25) is 0 Å². The van der Waals surface area contributed by atoms with Gasteiger partial charge in [0.15, 0.2) is 0 Å². The summed E-state index contributed by atoms with van der Waals surface area (Å²) in [5.41, 5.74) is -1.52. The Hall–Kier alpha value is -1.52. The van der Waals surface area contributed by atoms with Crippen molar-refractivity contribution < 1.29 is 47.1 Å². The van der Waals surface area contributed by atoms with Crippen LogP contribution in [0.15, 0.2) is 0 Å². The fourth-order valence-corrected chi connectivity index (χ4v) is 3.80. The first kappa shape index (κ1) is 24.5. The number of ether oxygens (including phenoxy) is 3. The van der Waals surface area contributed by atoms with E-state index in [2.05, 4.69) is 10.1 Å². The topological polar surface area (TPSA) is 139 Å². The summed E-state index contributed by atoms with van der Waals surface area (Å²) in [5.74, 6) is -1.01. The summed E-state index contributed by atoms with van der Waals surface area (Å²) in [6.07, 6.45) is -2.09. The molecule has 0 spiro atoms. The third kappa shape index (κ3) is 8.24. The average Bonchev–Trinajstić information content (AvgIpc) is 2.55. The van der Waals surface area contributed by atoms with E-state index in [1.54, 1.807) is 34.6 Å². The van der Waals surface area contributed by atoms with Gasteiger partial charge in [-0.25, -0.2) is 0 Å². The molecule has 164 valence electrons. The fraction of sp³-hybridized carbons (Fsp3) is 0.812. The van der Waals surface area contributed by atoms with Crippen molar-refractivity contribution in [1.82, 2.24) is 5.32 Å². The maximum absolute atomic E-state index is 12.4. The minimum absolute atomic E-state index is 0.00614. The molecule has 2 N–H and O–H groups in total. The van der Waals surface area contributed by atoms with Crippen molar-refractivity contribution in [3.05, 3.63) is 0 Å². The molecule has 11 nitrogen and oxygen atoms in total. The van der Waals surface area contributed by atoms with Crippen LogP contribution in [-0.4, -0.2) is 61.7 Å². The van der Waals surface area contributed by atoms with E-state index in [1.807, 2.05) is 0 Å². The molecule has 1 aliphatic rings. The summed E-state index contributed by atoms with van der Waals surface area (Å²) in [6, 6.07) is 0. The molecule has 1 amide bonds.